The lowest BCUT2D eigenvalue weighted by Gasteiger charge is -2.37. The summed E-state index contributed by atoms with van der Waals surface area (Å²) in [5, 5.41) is -0.883. The quantitative estimate of drug-likeness (QED) is 0.469. The van der Waals surface area contributed by atoms with E-state index in [0.29, 0.717) is 22.4 Å². The third-order valence-electron chi connectivity index (χ3n) is 6.09. The van der Waals surface area contributed by atoms with Crippen molar-refractivity contribution in [3.05, 3.63) is 29.8 Å². The molecule has 0 saturated carbocycles. The molecule has 1 fully saturated rings. The van der Waals surface area contributed by atoms with Crippen molar-refractivity contribution in [3.63, 3.8) is 0 Å². The number of ether oxygens (including phenoxy) is 2. The van der Waals surface area contributed by atoms with Crippen LogP contribution in [0, 0.1) is 5.92 Å². The number of hydrogen-bond acceptors (Lipinski definition) is 4. The minimum atomic E-state index is -4.75. The molecule has 0 amide bonds. The summed E-state index contributed by atoms with van der Waals surface area (Å²) in [6, 6.07) is 3.12. The van der Waals surface area contributed by atoms with Crippen molar-refractivity contribution < 1.29 is 31.1 Å². The molecule has 1 aliphatic rings. The van der Waals surface area contributed by atoms with Gasteiger partial charge in [0.25, 0.3) is 0 Å². The molecule has 0 bridgehead atoms. The molecule has 0 N–H and O–H groups in total. The second kappa shape index (κ2) is 11.0. The van der Waals surface area contributed by atoms with Crippen LogP contribution in [0.1, 0.15) is 64.5 Å². The fraction of sp³-hybridized carbons (Fsp3) is 0.727. The monoisotopic (exact) mass is 465 g/mol. The Kier molecular flexibility index (Phi) is 9.21. The van der Waals surface area contributed by atoms with Crippen LogP contribution in [0.15, 0.2) is 24.3 Å². The Morgan fingerprint density at radius 2 is 1.87 bits per heavy atom. The number of rotatable bonds is 10. The average Bonchev–Trinajstić information content (AvgIpc) is 2.75. The number of methoxy groups -OCH3 is 1. The van der Waals surface area contributed by atoms with E-state index in [0.717, 1.165) is 12.8 Å². The van der Waals surface area contributed by atoms with Gasteiger partial charge in [0.15, 0.2) is 0 Å². The second-order valence-corrected chi connectivity index (χ2v) is 10.4. The van der Waals surface area contributed by atoms with Crippen LogP contribution in [0.25, 0.3) is 0 Å². The van der Waals surface area contributed by atoms with E-state index in [1.165, 1.54) is 38.3 Å². The fourth-order valence-corrected chi connectivity index (χ4v) is 6.13. The summed E-state index contributed by atoms with van der Waals surface area (Å²) >= 11 is 0. The zero-order valence-corrected chi connectivity index (χ0v) is 19.5. The Morgan fingerprint density at radius 1 is 1.23 bits per heavy atom. The highest BCUT2D eigenvalue weighted by Gasteiger charge is 2.50. The second-order valence-electron chi connectivity index (χ2n) is 8.20. The topological polar surface area (TPSA) is 55.8 Å². The number of sulfonamides is 1. The van der Waals surface area contributed by atoms with Crippen molar-refractivity contribution in [3.8, 4) is 5.75 Å². The third-order valence-corrected chi connectivity index (χ3v) is 8.48. The third kappa shape index (κ3) is 6.58. The molecule has 0 spiro atoms. The van der Waals surface area contributed by atoms with Gasteiger partial charge in [-0.2, -0.15) is 17.5 Å². The van der Waals surface area contributed by atoms with Crippen LogP contribution in [-0.2, 0) is 14.8 Å². The van der Waals surface area contributed by atoms with Crippen molar-refractivity contribution in [2.75, 3.05) is 20.3 Å². The van der Waals surface area contributed by atoms with E-state index in [1.54, 1.807) is 0 Å². The van der Waals surface area contributed by atoms with Crippen molar-refractivity contribution in [2.24, 2.45) is 5.92 Å². The van der Waals surface area contributed by atoms with Gasteiger partial charge in [-0.25, -0.2) is 8.42 Å². The Bertz CT molecular complexity index is 783. The van der Waals surface area contributed by atoms with Gasteiger partial charge >= 0.3 is 6.18 Å². The number of nitrogens with zero attached hydrogens (tertiary/aromatic N) is 1. The maximum atomic E-state index is 14.1. The summed E-state index contributed by atoms with van der Waals surface area (Å²) in [4.78, 5) is 0. The molecule has 2 rings (SSSR count). The zero-order chi connectivity index (χ0) is 23.2. The highest BCUT2D eigenvalue weighted by atomic mass is 32.2. The molecule has 0 radical (unpaired) electrons. The molecule has 1 aromatic carbocycles. The maximum absolute atomic E-state index is 14.1. The first kappa shape index (κ1) is 25.9. The average molecular weight is 466 g/mol. The van der Waals surface area contributed by atoms with E-state index < -0.39 is 27.5 Å². The molecule has 1 saturated heterocycles. The molecule has 4 atom stereocenters. The molecule has 0 aromatic heterocycles. The number of benzene rings is 1. The Morgan fingerprint density at radius 3 is 2.39 bits per heavy atom. The lowest BCUT2D eigenvalue weighted by atomic mass is 9.97. The van der Waals surface area contributed by atoms with Crippen molar-refractivity contribution in [1.82, 2.24) is 4.31 Å². The van der Waals surface area contributed by atoms with E-state index in [2.05, 4.69) is 13.8 Å². The molecule has 5 nitrogen and oxygen atoms in total. The lowest BCUT2D eigenvalue weighted by molar-refractivity contribution is -0.173. The molecule has 1 heterocycles. The van der Waals surface area contributed by atoms with E-state index in [4.69, 9.17) is 9.47 Å². The highest BCUT2D eigenvalue weighted by Crippen LogP contribution is 2.41. The predicted molar refractivity (Wildman–Crippen MR) is 115 cm³/mol. The van der Waals surface area contributed by atoms with Gasteiger partial charge in [0.05, 0.1) is 18.5 Å². The van der Waals surface area contributed by atoms with Gasteiger partial charge in [0.1, 0.15) is 11.8 Å². The maximum Gasteiger partial charge on any atom is 0.409 e. The lowest BCUT2D eigenvalue weighted by Crippen LogP contribution is -2.48. The van der Waals surface area contributed by atoms with Crippen LogP contribution in [0.3, 0.4) is 0 Å². The smallest absolute Gasteiger partial charge is 0.409 e. The van der Waals surface area contributed by atoms with Gasteiger partial charge in [-0.15, -0.1) is 0 Å². The van der Waals surface area contributed by atoms with Gasteiger partial charge in [-0.05, 0) is 49.3 Å². The fourth-order valence-electron chi connectivity index (χ4n) is 4.00. The van der Waals surface area contributed by atoms with Gasteiger partial charge in [0.2, 0.25) is 10.0 Å². The highest BCUT2D eigenvalue weighted by molar-refractivity contribution is 7.89. The molecule has 9 heteroatoms. The molecule has 0 aliphatic carbocycles. The van der Waals surface area contributed by atoms with Gasteiger partial charge in [-0.3, -0.25) is 0 Å². The summed E-state index contributed by atoms with van der Waals surface area (Å²) < 4.78 is 80.4. The normalized spacial score (nSPS) is 22.3. The Labute approximate surface area is 184 Å². The van der Waals surface area contributed by atoms with Crippen LogP contribution in [0.2, 0.25) is 0 Å². The van der Waals surface area contributed by atoms with Crippen molar-refractivity contribution in [2.45, 2.75) is 76.4 Å². The summed E-state index contributed by atoms with van der Waals surface area (Å²) in [7, 11) is -2.78. The van der Waals surface area contributed by atoms with Crippen LogP contribution >= 0.6 is 0 Å². The number of halogens is 3. The Hall–Kier alpha value is -1.32. The minimum Gasteiger partial charge on any atom is -0.497 e. The van der Waals surface area contributed by atoms with Crippen LogP contribution in [0.5, 0.6) is 5.75 Å². The summed E-state index contributed by atoms with van der Waals surface area (Å²) in [5.74, 6) is 0.904. The predicted octanol–water partition coefficient (Wildman–Crippen LogP) is 5.32. The van der Waals surface area contributed by atoms with Crippen LogP contribution < -0.4 is 4.74 Å². The molecule has 178 valence electrons. The summed E-state index contributed by atoms with van der Waals surface area (Å²) in [6.07, 6.45) is -1.93. The van der Waals surface area contributed by atoms with Crippen molar-refractivity contribution >= 4 is 10.0 Å². The van der Waals surface area contributed by atoms with Gasteiger partial charge in [-0.1, -0.05) is 39.3 Å². The largest absolute Gasteiger partial charge is 0.497 e. The molecular formula is C22H34F3NO4S. The molecule has 1 aliphatic heterocycles. The zero-order valence-electron chi connectivity index (χ0n) is 18.7. The van der Waals surface area contributed by atoms with Crippen LogP contribution in [-0.4, -0.2) is 50.5 Å². The minimum absolute atomic E-state index is 0.126. The first-order valence-electron chi connectivity index (χ1n) is 10.9. The van der Waals surface area contributed by atoms with E-state index in [9.17, 15) is 21.6 Å². The van der Waals surface area contributed by atoms with E-state index in [1.807, 2.05) is 0 Å². The summed E-state index contributed by atoms with van der Waals surface area (Å²) in [5.41, 5.74) is -0.126. The Balaban J connectivity index is 2.28. The molecular weight excluding hydrogens is 431 g/mol. The van der Waals surface area contributed by atoms with Gasteiger partial charge < -0.3 is 9.47 Å². The van der Waals surface area contributed by atoms with Crippen molar-refractivity contribution in [1.29, 1.82) is 0 Å². The van der Waals surface area contributed by atoms with E-state index in [-0.39, 0.29) is 37.7 Å². The SMILES string of the molecule is CCC(C)CCC1CC(S(=O)(=O)N(CC)[C@H](c2ccc(OC)cc2)C(F)(F)F)CCO1. The number of hydrogen-bond donors (Lipinski definition) is 0. The molecule has 31 heavy (non-hydrogen) atoms. The van der Waals surface area contributed by atoms with Crippen LogP contribution in [0.4, 0.5) is 13.2 Å². The first-order valence-corrected chi connectivity index (χ1v) is 12.4. The molecule has 3 unspecified atom stereocenters. The van der Waals surface area contributed by atoms with Gasteiger partial charge in [0, 0.05) is 13.2 Å². The standard InChI is InChI=1S/C22H34F3NO4S/c1-5-16(3)7-10-19-15-20(13-14-30-19)31(27,28)26(6-2)21(22(23,24)25)17-8-11-18(29-4)12-9-17/h8-9,11-12,16,19-21H,5-7,10,13-15H2,1-4H3/t16?,19?,20?,21-/m1/s1. The first-order chi connectivity index (χ1) is 14.5. The van der Waals surface area contributed by atoms with E-state index >= 15 is 0 Å². The summed E-state index contributed by atoms with van der Waals surface area (Å²) in [6.45, 7) is 5.63. The number of alkyl halides is 3. The molecule has 1 aromatic rings.